The van der Waals surface area contributed by atoms with E-state index in [4.69, 9.17) is 16.3 Å². The van der Waals surface area contributed by atoms with E-state index >= 15 is 0 Å². The standard InChI is InChI=1S/C27H25ClN2O4/c1-16(2)17-7-9-18(10-8-17)24-23(25(31)21-14-19(28)11-12-22(21)34-3)26(32)27(33)30(24)15-20-6-4-5-13-29-20/h4-14,16,24,31H,15H2,1-3H3/b25-23+. The van der Waals surface area contributed by atoms with E-state index in [1.54, 1.807) is 30.5 Å². The third-order valence-corrected chi connectivity index (χ3v) is 6.17. The predicted molar refractivity (Wildman–Crippen MR) is 131 cm³/mol. The molecule has 2 heterocycles. The minimum atomic E-state index is -0.799. The summed E-state index contributed by atoms with van der Waals surface area (Å²) in [6.07, 6.45) is 1.63. The molecule has 1 saturated heterocycles. The van der Waals surface area contributed by atoms with Crippen molar-refractivity contribution >= 4 is 29.1 Å². The lowest BCUT2D eigenvalue weighted by molar-refractivity contribution is -0.140. The molecule has 1 amide bonds. The van der Waals surface area contributed by atoms with E-state index in [9.17, 15) is 14.7 Å². The summed E-state index contributed by atoms with van der Waals surface area (Å²) in [6, 6.07) is 17.1. The summed E-state index contributed by atoms with van der Waals surface area (Å²) in [7, 11) is 1.46. The Morgan fingerprint density at radius 2 is 1.85 bits per heavy atom. The molecule has 1 aromatic heterocycles. The molecule has 0 saturated carbocycles. The highest BCUT2D eigenvalue weighted by Crippen LogP contribution is 2.42. The number of halogens is 1. The molecule has 174 valence electrons. The van der Waals surface area contributed by atoms with Gasteiger partial charge in [0, 0.05) is 11.2 Å². The number of nitrogens with zero attached hydrogens (tertiary/aromatic N) is 2. The van der Waals surface area contributed by atoms with Gasteiger partial charge in [-0.2, -0.15) is 0 Å². The first-order chi connectivity index (χ1) is 16.3. The summed E-state index contributed by atoms with van der Waals surface area (Å²) in [4.78, 5) is 32.2. The Hall–Kier alpha value is -3.64. The number of pyridine rings is 1. The van der Waals surface area contributed by atoms with Crippen molar-refractivity contribution in [3.8, 4) is 5.75 Å². The number of amides is 1. The van der Waals surface area contributed by atoms with Crippen LogP contribution in [0.5, 0.6) is 5.75 Å². The second kappa shape index (κ2) is 9.69. The van der Waals surface area contributed by atoms with Crippen LogP contribution in [-0.4, -0.2) is 33.8 Å². The molecule has 0 spiro atoms. The van der Waals surface area contributed by atoms with E-state index in [0.29, 0.717) is 27.9 Å². The van der Waals surface area contributed by atoms with Gasteiger partial charge < -0.3 is 14.7 Å². The summed E-state index contributed by atoms with van der Waals surface area (Å²) in [5.74, 6) is -1.14. The largest absolute Gasteiger partial charge is 0.507 e. The third kappa shape index (κ3) is 4.41. The Morgan fingerprint density at radius 3 is 2.47 bits per heavy atom. The van der Waals surface area contributed by atoms with Crippen LogP contribution in [0.4, 0.5) is 0 Å². The van der Waals surface area contributed by atoms with Crippen molar-refractivity contribution in [2.75, 3.05) is 7.11 Å². The molecule has 1 fully saturated rings. The normalized spacial score (nSPS) is 17.4. The molecule has 1 aliphatic heterocycles. The molecular weight excluding hydrogens is 452 g/mol. The quantitative estimate of drug-likeness (QED) is 0.289. The van der Waals surface area contributed by atoms with E-state index in [0.717, 1.165) is 5.56 Å². The molecule has 1 aliphatic rings. The highest BCUT2D eigenvalue weighted by atomic mass is 35.5. The van der Waals surface area contributed by atoms with Gasteiger partial charge >= 0.3 is 0 Å². The number of hydrogen-bond acceptors (Lipinski definition) is 5. The number of likely N-dealkylation sites (tertiary alicyclic amines) is 1. The summed E-state index contributed by atoms with van der Waals surface area (Å²) in [5.41, 5.74) is 2.70. The first-order valence-corrected chi connectivity index (χ1v) is 11.3. The maximum Gasteiger partial charge on any atom is 0.296 e. The van der Waals surface area contributed by atoms with E-state index in [1.807, 2.05) is 30.3 Å². The molecule has 3 aromatic rings. The smallest absolute Gasteiger partial charge is 0.296 e. The van der Waals surface area contributed by atoms with Crippen molar-refractivity contribution in [1.29, 1.82) is 0 Å². The molecule has 6 nitrogen and oxygen atoms in total. The number of rotatable bonds is 6. The first kappa shape index (κ1) is 23.5. The van der Waals surface area contributed by atoms with E-state index in [1.165, 1.54) is 18.1 Å². The third-order valence-electron chi connectivity index (χ3n) is 5.93. The Bertz CT molecular complexity index is 1250. The zero-order valence-electron chi connectivity index (χ0n) is 19.2. The molecule has 0 radical (unpaired) electrons. The number of carbonyl (C=O) groups is 2. The second-order valence-electron chi connectivity index (χ2n) is 8.41. The maximum absolute atomic E-state index is 13.3. The number of benzene rings is 2. The minimum absolute atomic E-state index is 0.0150. The number of carbonyl (C=O) groups excluding carboxylic acids is 2. The van der Waals surface area contributed by atoms with Gasteiger partial charge in [0.25, 0.3) is 11.7 Å². The maximum atomic E-state index is 13.3. The van der Waals surface area contributed by atoms with Gasteiger partial charge in [-0.15, -0.1) is 0 Å². The molecule has 0 bridgehead atoms. The van der Waals surface area contributed by atoms with Gasteiger partial charge in [-0.3, -0.25) is 14.6 Å². The van der Waals surface area contributed by atoms with Crippen LogP contribution in [0.25, 0.3) is 5.76 Å². The summed E-state index contributed by atoms with van der Waals surface area (Å²) >= 11 is 6.17. The average Bonchev–Trinajstić information content (AvgIpc) is 3.09. The van der Waals surface area contributed by atoms with Crippen LogP contribution in [0, 0.1) is 0 Å². The number of hydrogen-bond donors (Lipinski definition) is 1. The van der Waals surface area contributed by atoms with Gasteiger partial charge in [0.15, 0.2) is 0 Å². The van der Waals surface area contributed by atoms with Gasteiger partial charge in [0.2, 0.25) is 0 Å². The van der Waals surface area contributed by atoms with E-state index in [2.05, 4.69) is 18.8 Å². The SMILES string of the molecule is COc1ccc(Cl)cc1/C(O)=C1\C(=O)C(=O)N(Cc2ccccn2)C1c1ccc(C(C)C)cc1. The summed E-state index contributed by atoms with van der Waals surface area (Å²) in [5, 5.41) is 11.7. The average molecular weight is 477 g/mol. The van der Waals surface area contributed by atoms with Crippen molar-refractivity contribution < 1.29 is 19.4 Å². The highest BCUT2D eigenvalue weighted by molar-refractivity contribution is 6.46. The van der Waals surface area contributed by atoms with E-state index < -0.39 is 17.7 Å². The summed E-state index contributed by atoms with van der Waals surface area (Å²) < 4.78 is 5.38. The Kier molecular flexibility index (Phi) is 6.70. The highest BCUT2D eigenvalue weighted by Gasteiger charge is 2.46. The van der Waals surface area contributed by atoms with Crippen molar-refractivity contribution in [2.24, 2.45) is 0 Å². The van der Waals surface area contributed by atoms with Crippen LogP contribution in [-0.2, 0) is 16.1 Å². The molecule has 2 aromatic carbocycles. The number of aliphatic hydroxyl groups excluding tert-OH is 1. The number of Topliss-reactive ketones (excluding diaryl/α,β-unsaturated/α-hetero) is 1. The lowest BCUT2D eigenvalue weighted by Crippen LogP contribution is -2.29. The van der Waals surface area contributed by atoms with Crippen LogP contribution in [0.3, 0.4) is 0 Å². The monoisotopic (exact) mass is 476 g/mol. The molecule has 34 heavy (non-hydrogen) atoms. The van der Waals surface area contributed by atoms with Crippen LogP contribution in [0.2, 0.25) is 5.02 Å². The fraction of sp³-hybridized carbons (Fsp3) is 0.222. The van der Waals surface area contributed by atoms with Crippen LogP contribution in [0.15, 0.2) is 72.4 Å². The fourth-order valence-electron chi connectivity index (χ4n) is 4.13. The molecule has 1 N–H and O–H groups in total. The number of aromatic nitrogens is 1. The molecule has 0 aliphatic carbocycles. The molecule has 1 unspecified atom stereocenters. The Morgan fingerprint density at radius 1 is 1.12 bits per heavy atom. The molecule has 7 heteroatoms. The fourth-order valence-corrected chi connectivity index (χ4v) is 4.30. The number of aliphatic hydroxyl groups is 1. The van der Waals surface area contributed by atoms with Crippen LogP contribution >= 0.6 is 11.6 Å². The second-order valence-corrected chi connectivity index (χ2v) is 8.85. The number of ether oxygens (including phenoxy) is 1. The Labute approximate surface area is 203 Å². The Balaban J connectivity index is 1.90. The van der Waals surface area contributed by atoms with Crippen molar-refractivity contribution in [2.45, 2.75) is 32.4 Å². The van der Waals surface area contributed by atoms with Crippen LogP contribution in [0.1, 0.15) is 48.2 Å². The van der Waals surface area contributed by atoms with E-state index in [-0.39, 0.29) is 23.4 Å². The lowest BCUT2D eigenvalue weighted by atomic mass is 9.93. The van der Waals surface area contributed by atoms with Gasteiger partial charge in [0.1, 0.15) is 11.5 Å². The van der Waals surface area contributed by atoms with Crippen LogP contribution < -0.4 is 4.74 Å². The van der Waals surface area contributed by atoms with Gasteiger partial charge in [-0.25, -0.2) is 0 Å². The predicted octanol–water partition coefficient (Wildman–Crippen LogP) is 5.49. The number of ketones is 1. The molecular formula is C27H25ClN2O4. The molecule has 1 atom stereocenters. The van der Waals surface area contributed by atoms with Gasteiger partial charge in [0.05, 0.1) is 36.5 Å². The minimum Gasteiger partial charge on any atom is -0.507 e. The topological polar surface area (TPSA) is 79.7 Å². The first-order valence-electron chi connectivity index (χ1n) is 10.9. The lowest BCUT2D eigenvalue weighted by Gasteiger charge is -2.25. The van der Waals surface area contributed by atoms with Gasteiger partial charge in [-0.05, 0) is 47.4 Å². The summed E-state index contributed by atoms with van der Waals surface area (Å²) in [6.45, 7) is 4.30. The zero-order valence-corrected chi connectivity index (χ0v) is 19.9. The zero-order chi connectivity index (χ0) is 24.4. The van der Waals surface area contributed by atoms with Crippen molar-refractivity contribution in [3.63, 3.8) is 0 Å². The van der Waals surface area contributed by atoms with Crippen molar-refractivity contribution in [1.82, 2.24) is 9.88 Å². The molecule has 4 rings (SSSR count). The van der Waals surface area contributed by atoms with Crippen molar-refractivity contribution in [3.05, 3.63) is 99.8 Å². The number of methoxy groups -OCH3 is 1. The van der Waals surface area contributed by atoms with Gasteiger partial charge in [-0.1, -0.05) is 55.8 Å².